The first-order valence-corrected chi connectivity index (χ1v) is 2.81. The molecule has 60 valence electrons. The van der Waals surface area contributed by atoms with Crippen molar-refractivity contribution in [2.24, 2.45) is 4.36 Å². The molecular formula is C2F5NOS. The highest BCUT2D eigenvalue weighted by Gasteiger charge is 2.36. The van der Waals surface area contributed by atoms with E-state index in [2.05, 4.69) is 0 Å². The van der Waals surface area contributed by atoms with Gasteiger partial charge in [-0.2, -0.15) is 13.2 Å². The molecule has 0 heterocycles. The number of hydrogen-bond donors (Lipinski definition) is 0. The lowest BCUT2D eigenvalue weighted by atomic mass is 11.4. The van der Waals surface area contributed by atoms with Crippen molar-refractivity contribution in [3.63, 3.8) is 0 Å². The summed E-state index contributed by atoms with van der Waals surface area (Å²) in [5.74, 6) is 0. The lowest BCUT2D eigenvalue weighted by Crippen LogP contribution is -2.11. The minimum absolute atomic E-state index is 1.48. The third-order valence-corrected chi connectivity index (χ3v) is 1.03. The fourth-order valence-electron chi connectivity index (χ4n) is 0.115. The van der Waals surface area contributed by atoms with Crippen molar-refractivity contribution in [3.05, 3.63) is 0 Å². The summed E-state index contributed by atoms with van der Waals surface area (Å²) >= 11 is -4.02. The van der Waals surface area contributed by atoms with Gasteiger partial charge < -0.3 is 0 Å². The molecule has 0 saturated carbocycles. The van der Waals surface area contributed by atoms with E-state index in [9.17, 15) is 21.4 Å². The average Bonchev–Trinajstić information content (AvgIpc) is 1.60. The second-order valence-corrected chi connectivity index (χ2v) is 2.15. The normalized spacial score (nSPS) is 15.3. The number of amides is 1. The Balaban J connectivity index is 4.35. The molecule has 1 unspecified atom stereocenters. The van der Waals surface area contributed by atoms with Crippen molar-refractivity contribution >= 4 is 17.2 Å². The van der Waals surface area contributed by atoms with Crippen LogP contribution in [0.3, 0.4) is 0 Å². The van der Waals surface area contributed by atoms with Gasteiger partial charge in [0.1, 0.15) is 0 Å². The van der Waals surface area contributed by atoms with Crippen LogP contribution < -0.4 is 0 Å². The molecule has 2 nitrogen and oxygen atoms in total. The molecule has 0 aromatic rings. The van der Waals surface area contributed by atoms with Gasteiger partial charge in [-0.3, -0.25) is 0 Å². The Morgan fingerprint density at radius 2 is 1.80 bits per heavy atom. The van der Waals surface area contributed by atoms with Crippen molar-refractivity contribution in [2.45, 2.75) is 5.51 Å². The zero-order valence-corrected chi connectivity index (χ0v) is 4.97. The lowest BCUT2D eigenvalue weighted by Gasteiger charge is -1.98. The highest BCUT2D eigenvalue weighted by Crippen LogP contribution is 2.22. The zero-order valence-electron chi connectivity index (χ0n) is 4.15. The van der Waals surface area contributed by atoms with Crippen molar-refractivity contribution in [1.29, 1.82) is 0 Å². The van der Waals surface area contributed by atoms with Gasteiger partial charge in [0.05, 0.1) is 0 Å². The number of halogens is 5. The van der Waals surface area contributed by atoms with Gasteiger partial charge in [-0.1, -0.05) is 0 Å². The summed E-state index contributed by atoms with van der Waals surface area (Å²) in [6, 6.07) is 0. The predicted molar refractivity (Wildman–Crippen MR) is 23.5 cm³/mol. The maximum absolute atomic E-state index is 11.4. The Morgan fingerprint density at radius 3 is 1.90 bits per heavy atom. The fourth-order valence-corrected chi connectivity index (χ4v) is 0.344. The van der Waals surface area contributed by atoms with E-state index in [4.69, 9.17) is 4.79 Å². The first kappa shape index (κ1) is 9.47. The lowest BCUT2D eigenvalue weighted by molar-refractivity contribution is -0.0389. The molecule has 0 aliphatic heterocycles. The molecule has 0 bridgehead atoms. The molecule has 0 saturated heterocycles. The summed E-state index contributed by atoms with van der Waals surface area (Å²) in [4.78, 5) is 9.13. The number of rotatable bonds is 0. The first-order valence-electron chi connectivity index (χ1n) is 1.72. The van der Waals surface area contributed by atoms with Gasteiger partial charge in [-0.15, -0.1) is 12.6 Å². The first-order chi connectivity index (χ1) is 4.34. The zero-order chi connectivity index (χ0) is 8.36. The second-order valence-electron chi connectivity index (χ2n) is 1.03. The molecule has 0 fully saturated rings. The highest BCUT2D eigenvalue weighted by molar-refractivity contribution is 7.83. The van der Waals surface area contributed by atoms with E-state index >= 15 is 0 Å². The van der Waals surface area contributed by atoms with E-state index in [1.807, 2.05) is 0 Å². The maximum atomic E-state index is 11.4. The van der Waals surface area contributed by atoms with Crippen LogP contribution in [-0.4, -0.2) is 11.7 Å². The van der Waals surface area contributed by atoms with Gasteiger partial charge in [0.25, 0.3) is 0 Å². The third kappa shape index (κ3) is 3.49. The Labute approximate surface area is 54.4 Å². The summed E-state index contributed by atoms with van der Waals surface area (Å²) in [6.07, 6.45) is -2.66. The number of carbonyl (C=O) groups excluding carboxylic acids is 1. The van der Waals surface area contributed by atoms with E-state index in [1.165, 1.54) is 4.36 Å². The van der Waals surface area contributed by atoms with Crippen LogP contribution in [0.2, 0.25) is 0 Å². The van der Waals surface area contributed by atoms with Crippen LogP contribution in [0.15, 0.2) is 4.36 Å². The van der Waals surface area contributed by atoms with E-state index < -0.39 is 22.7 Å². The molecule has 1 atom stereocenters. The summed E-state index contributed by atoms with van der Waals surface area (Å²) < 4.78 is 57.0. The van der Waals surface area contributed by atoms with Gasteiger partial charge in [0.2, 0.25) is 0 Å². The fraction of sp³-hybridized carbons (Fsp3) is 0.500. The van der Waals surface area contributed by atoms with E-state index in [0.29, 0.717) is 0 Å². The number of carbonyl (C=O) groups is 1. The highest BCUT2D eigenvalue weighted by atomic mass is 32.2. The monoisotopic (exact) mass is 181 g/mol. The van der Waals surface area contributed by atoms with Gasteiger partial charge in [0, 0.05) is 0 Å². The topological polar surface area (TPSA) is 29.4 Å². The molecule has 0 spiro atoms. The van der Waals surface area contributed by atoms with Gasteiger partial charge in [-0.25, -0.2) is 4.79 Å². The van der Waals surface area contributed by atoms with Crippen LogP contribution in [0, 0.1) is 0 Å². The van der Waals surface area contributed by atoms with Crippen molar-refractivity contribution in [3.8, 4) is 0 Å². The van der Waals surface area contributed by atoms with Gasteiger partial charge >= 0.3 is 11.7 Å². The SMILES string of the molecule is O=C(F)N=S(F)C(F)(F)F. The van der Waals surface area contributed by atoms with Crippen LogP contribution >= 0.6 is 0 Å². The molecule has 0 rings (SSSR count). The van der Waals surface area contributed by atoms with E-state index in [1.54, 1.807) is 0 Å². The Bertz CT molecular complexity index is 173. The van der Waals surface area contributed by atoms with E-state index in [0.717, 1.165) is 0 Å². The predicted octanol–water partition coefficient (Wildman–Crippen LogP) is 2.28. The van der Waals surface area contributed by atoms with Crippen LogP contribution in [0.5, 0.6) is 0 Å². The molecule has 8 heteroatoms. The second kappa shape index (κ2) is 3.04. The summed E-state index contributed by atoms with van der Waals surface area (Å²) in [7, 11) is 0. The molecule has 0 N–H and O–H groups in total. The molecule has 0 aromatic carbocycles. The molecule has 0 aliphatic rings. The minimum atomic E-state index is -5.28. The van der Waals surface area contributed by atoms with Crippen molar-refractivity contribution in [1.82, 2.24) is 0 Å². The van der Waals surface area contributed by atoms with Crippen LogP contribution in [0.4, 0.5) is 26.2 Å². The minimum Gasteiger partial charge on any atom is -0.231 e. The molecule has 1 amide bonds. The quantitative estimate of drug-likeness (QED) is 0.320. The van der Waals surface area contributed by atoms with E-state index in [-0.39, 0.29) is 0 Å². The maximum Gasteiger partial charge on any atom is 0.482 e. The molecule has 10 heavy (non-hydrogen) atoms. The van der Waals surface area contributed by atoms with Crippen LogP contribution in [0.25, 0.3) is 0 Å². The largest absolute Gasteiger partial charge is 0.482 e. The standard InChI is InChI=1S/C2F5NOS/c3-1(9)8-10(7)2(4,5)6. The average molecular weight is 181 g/mol. The molecule has 0 aliphatic carbocycles. The van der Waals surface area contributed by atoms with Crippen LogP contribution in [0.1, 0.15) is 0 Å². The van der Waals surface area contributed by atoms with Crippen molar-refractivity contribution < 1.29 is 26.2 Å². The summed E-state index contributed by atoms with van der Waals surface area (Å²) in [6.45, 7) is 0. The number of nitrogens with zero attached hydrogens (tertiary/aromatic N) is 1. The Kier molecular flexibility index (Phi) is 2.88. The van der Waals surface area contributed by atoms with Gasteiger partial charge in [-0.05, 0) is 0 Å². The molecular weight excluding hydrogens is 181 g/mol. The summed E-state index contributed by atoms with van der Waals surface area (Å²) in [5, 5.41) is 0. The van der Waals surface area contributed by atoms with Crippen molar-refractivity contribution in [2.75, 3.05) is 0 Å². The Morgan fingerprint density at radius 1 is 1.40 bits per heavy atom. The summed E-state index contributed by atoms with van der Waals surface area (Å²) in [5.41, 5.74) is -5.28. The number of alkyl halides is 3. The Hall–Kier alpha value is -0.530. The molecule has 0 radical (unpaired) electrons. The smallest absolute Gasteiger partial charge is 0.231 e. The van der Waals surface area contributed by atoms with Crippen LogP contribution in [-0.2, 0) is 11.1 Å². The molecule has 0 aromatic heterocycles. The number of hydrogen-bond acceptors (Lipinski definition) is 1. The third-order valence-electron chi connectivity index (χ3n) is 0.343. The van der Waals surface area contributed by atoms with Gasteiger partial charge in [0.15, 0.2) is 11.1 Å².